The highest BCUT2D eigenvalue weighted by Crippen LogP contribution is 2.29. The summed E-state index contributed by atoms with van der Waals surface area (Å²) in [5, 5.41) is 5.86. The Hall–Kier alpha value is -3.54. The lowest BCUT2D eigenvalue weighted by molar-refractivity contribution is -0.145. The normalized spacial score (nSPS) is 16.0. The predicted octanol–water partition coefficient (Wildman–Crippen LogP) is 4.97. The molecule has 1 aromatic rings. The van der Waals surface area contributed by atoms with Crippen LogP contribution in [0.1, 0.15) is 116 Å². The van der Waals surface area contributed by atoms with Gasteiger partial charge >= 0.3 is 6.09 Å². The summed E-state index contributed by atoms with van der Waals surface area (Å²) < 4.78 is 5.43. The van der Waals surface area contributed by atoms with Crippen molar-refractivity contribution in [3.8, 4) is 12.3 Å². The summed E-state index contributed by atoms with van der Waals surface area (Å²) in [6, 6.07) is 4.58. The number of alkyl carbamates (subject to hydrolysis) is 1. The van der Waals surface area contributed by atoms with Gasteiger partial charge in [-0.2, -0.15) is 0 Å². The van der Waals surface area contributed by atoms with Crippen molar-refractivity contribution in [1.29, 1.82) is 0 Å². The first kappa shape index (κ1) is 34.7. The Morgan fingerprint density at radius 2 is 1.64 bits per heavy atom. The largest absolute Gasteiger partial charge is 0.444 e. The van der Waals surface area contributed by atoms with Gasteiger partial charge in [-0.3, -0.25) is 14.4 Å². The number of carbonyl (C=O) groups excluding carboxylic acids is 4. The average molecular weight is 583 g/mol. The minimum Gasteiger partial charge on any atom is -0.444 e. The van der Waals surface area contributed by atoms with Crippen LogP contribution in [0.4, 0.5) is 4.79 Å². The molecule has 3 atom stereocenters. The van der Waals surface area contributed by atoms with E-state index in [9.17, 15) is 19.2 Å². The molecule has 0 spiro atoms. The van der Waals surface area contributed by atoms with Gasteiger partial charge in [-0.1, -0.05) is 51.2 Å². The summed E-state index contributed by atoms with van der Waals surface area (Å²) in [6.45, 7) is 11.3. The van der Waals surface area contributed by atoms with Crippen LogP contribution in [-0.2, 0) is 19.1 Å². The molecule has 0 aromatic heterocycles. The van der Waals surface area contributed by atoms with Gasteiger partial charge in [0, 0.05) is 24.1 Å². The number of hydrogen-bond acceptors (Lipinski definition) is 5. The van der Waals surface area contributed by atoms with Gasteiger partial charge in [0.2, 0.25) is 17.7 Å². The summed E-state index contributed by atoms with van der Waals surface area (Å²) in [4.78, 5) is 54.7. The van der Waals surface area contributed by atoms with Crippen LogP contribution in [0.25, 0.3) is 0 Å². The Kier molecular flexibility index (Phi) is 13.4. The number of primary amides is 1. The monoisotopic (exact) mass is 582 g/mol. The van der Waals surface area contributed by atoms with Crippen molar-refractivity contribution in [3.05, 3.63) is 35.4 Å². The van der Waals surface area contributed by atoms with Gasteiger partial charge in [0.1, 0.15) is 17.7 Å². The highest BCUT2D eigenvalue weighted by Gasteiger charge is 2.39. The molecule has 42 heavy (non-hydrogen) atoms. The van der Waals surface area contributed by atoms with Crippen LogP contribution in [0.5, 0.6) is 0 Å². The van der Waals surface area contributed by atoms with Crippen LogP contribution in [-0.4, -0.2) is 52.4 Å². The van der Waals surface area contributed by atoms with Crippen LogP contribution in [0.15, 0.2) is 24.3 Å². The molecule has 232 valence electrons. The smallest absolute Gasteiger partial charge is 0.408 e. The van der Waals surface area contributed by atoms with Crippen LogP contribution >= 0.6 is 0 Å². The molecule has 1 saturated carbocycles. The number of amides is 4. The second kappa shape index (κ2) is 16.2. The molecule has 9 heteroatoms. The first-order chi connectivity index (χ1) is 19.7. The van der Waals surface area contributed by atoms with E-state index in [1.54, 1.807) is 49.9 Å². The third-order valence-corrected chi connectivity index (χ3v) is 7.43. The molecule has 1 aliphatic rings. The molecule has 0 aliphatic heterocycles. The van der Waals surface area contributed by atoms with E-state index in [1.807, 2.05) is 6.92 Å². The quantitative estimate of drug-likeness (QED) is 0.283. The highest BCUT2D eigenvalue weighted by molar-refractivity contribution is 5.92. The Bertz CT molecular complexity index is 1100. The van der Waals surface area contributed by atoms with Crippen LogP contribution in [0.2, 0.25) is 0 Å². The third kappa shape index (κ3) is 11.4. The summed E-state index contributed by atoms with van der Waals surface area (Å²) in [6.07, 6.45) is 11.1. The maximum Gasteiger partial charge on any atom is 0.408 e. The van der Waals surface area contributed by atoms with E-state index in [2.05, 4.69) is 30.4 Å². The first-order valence-electron chi connectivity index (χ1n) is 15.2. The zero-order valence-electron chi connectivity index (χ0n) is 26.2. The summed E-state index contributed by atoms with van der Waals surface area (Å²) >= 11 is 0. The van der Waals surface area contributed by atoms with E-state index in [4.69, 9.17) is 16.9 Å². The Morgan fingerprint density at radius 3 is 2.17 bits per heavy atom. The topological polar surface area (TPSA) is 131 Å². The molecule has 2 rings (SSSR count). The molecule has 4 N–H and O–H groups in total. The van der Waals surface area contributed by atoms with Crippen LogP contribution < -0.4 is 16.4 Å². The lowest BCUT2D eigenvalue weighted by atomic mass is 9.93. The predicted molar refractivity (Wildman–Crippen MR) is 164 cm³/mol. The lowest BCUT2D eigenvalue weighted by Gasteiger charge is -2.39. The number of rotatable bonds is 13. The Labute approximate surface area is 251 Å². The van der Waals surface area contributed by atoms with Crippen LogP contribution in [0.3, 0.4) is 0 Å². The first-order valence-corrected chi connectivity index (χ1v) is 15.2. The lowest BCUT2D eigenvalue weighted by Crippen LogP contribution is -2.56. The number of benzene rings is 1. The van der Waals surface area contributed by atoms with Crippen molar-refractivity contribution in [3.63, 3.8) is 0 Å². The maximum atomic E-state index is 14.5. The molecule has 0 radical (unpaired) electrons. The van der Waals surface area contributed by atoms with Gasteiger partial charge in [0.05, 0.1) is 0 Å². The fourth-order valence-corrected chi connectivity index (χ4v) is 5.21. The van der Waals surface area contributed by atoms with Gasteiger partial charge in [-0.15, -0.1) is 6.42 Å². The van der Waals surface area contributed by atoms with Gasteiger partial charge in [-0.05, 0) is 83.4 Å². The van der Waals surface area contributed by atoms with E-state index in [0.29, 0.717) is 23.5 Å². The Balaban J connectivity index is 2.58. The molecule has 9 nitrogen and oxygen atoms in total. The van der Waals surface area contributed by atoms with Crippen molar-refractivity contribution < 1.29 is 23.9 Å². The van der Waals surface area contributed by atoms with Gasteiger partial charge in [0.25, 0.3) is 0 Å². The van der Waals surface area contributed by atoms with E-state index in [0.717, 1.165) is 38.5 Å². The van der Waals surface area contributed by atoms with Crippen molar-refractivity contribution >= 4 is 23.8 Å². The van der Waals surface area contributed by atoms with E-state index < -0.39 is 35.6 Å². The molecule has 3 unspecified atom stereocenters. The van der Waals surface area contributed by atoms with Crippen molar-refractivity contribution in [2.75, 3.05) is 0 Å². The van der Waals surface area contributed by atoms with Gasteiger partial charge in [0.15, 0.2) is 0 Å². The third-order valence-electron chi connectivity index (χ3n) is 7.43. The minimum absolute atomic E-state index is 0.0206. The number of terminal acetylenes is 1. The Morgan fingerprint density at radius 1 is 1.02 bits per heavy atom. The second-order valence-corrected chi connectivity index (χ2v) is 12.8. The molecular formula is C33H50N4O5. The second-order valence-electron chi connectivity index (χ2n) is 12.8. The zero-order chi connectivity index (χ0) is 31.4. The molecule has 0 saturated heterocycles. The molecule has 1 fully saturated rings. The SMILES string of the molecule is C#Cc1ccc(C(C(=O)NC2CCCCC2)N(C(=O)C(CCC(N)=O)NC(=O)OC(C)(C)C)C(C)CCC(C)C)cc1. The molecular weight excluding hydrogens is 532 g/mol. The molecule has 1 aliphatic carbocycles. The molecule has 4 amide bonds. The number of ether oxygens (including phenoxy) is 1. The van der Waals surface area contributed by atoms with Gasteiger partial charge < -0.3 is 26.0 Å². The minimum atomic E-state index is -1.14. The van der Waals surface area contributed by atoms with E-state index in [1.165, 1.54) is 0 Å². The fourth-order valence-electron chi connectivity index (χ4n) is 5.21. The van der Waals surface area contributed by atoms with E-state index in [-0.39, 0.29) is 30.8 Å². The number of hydrogen-bond donors (Lipinski definition) is 3. The van der Waals surface area contributed by atoms with Crippen molar-refractivity contribution in [2.24, 2.45) is 11.7 Å². The van der Waals surface area contributed by atoms with Crippen molar-refractivity contribution in [2.45, 2.75) is 129 Å². The maximum absolute atomic E-state index is 14.5. The highest BCUT2D eigenvalue weighted by atomic mass is 16.6. The van der Waals surface area contributed by atoms with E-state index >= 15 is 0 Å². The molecule has 0 heterocycles. The summed E-state index contributed by atoms with van der Waals surface area (Å²) in [5.41, 5.74) is 5.90. The molecule has 0 bridgehead atoms. The standard InChI is InChI=1S/C33H50N4O5/c1-8-24-16-18-25(19-17-24)29(30(39)35-26-12-10-9-11-13-26)37(23(4)15-14-22(2)3)31(40)27(20-21-28(34)38)36-32(41)42-33(5,6)7/h1,16-19,22-23,26-27,29H,9-15,20-21H2,2-7H3,(H2,34,38)(H,35,39)(H,36,41). The van der Waals surface area contributed by atoms with Gasteiger partial charge in [-0.25, -0.2) is 4.79 Å². The summed E-state index contributed by atoms with van der Waals surface area (Å²) in [5.74, 6) is 1.60. The summed E-state index contributed by atoms with van der Waals surface area (Å²) in [7, 11) is 0. The van der Waals surface area contributed by atoms with Crippen LogP contribution in [0, 0.1) is 18.3 Å². The number of nitrogens with two attached hydrogens (primary N) is 1. The average Bonchev–Trinajstić information content (AvgIpc) is 2.91. The zero-order valence-corrected chi connectivity index (χ0v) is 26.2. The van der Waals surface area contributed by atoms with Crippen molar-refractivity contribution in [1.82, 2.24) is 15.5 Å². The number of nitrogens with one attached hydrogen (secondary N) is 2. The fraction of sp³-hybridized carbons (Fsp3) is 0.636. The number of nitrogens with zero attached hydrogens (tertiary/aromatic N) is 1. The molecule has 1 aromatic carbocycles. The number of carbonyl (C=O) groups is 4.